The zero-order chi connectivity index (χ0) is 17.7. The highest BCUT2D eigenvalue weighted by Gasteiger charge is 2.58. The second-order valence-electron chi connectivity index (χ2n) is 8.39. The summed E-state index contributed by atoms with van der Waals surface area (Å²) >= 11 is 0. The summed E-state index contributed by atoms with van der Waals surface area (Å²) in [6.45, 7) is 4.39. The number of fused-ring (bicyclic) bond motifs is 2. The van der Waals surface area contributed by atoms with Crippen LogP contribution in [0.1, 0.15) is 44.2 Å². The molecule has 2 aromatic rings. The van der Waals surface area contributed by atoms with Gasteiger partial charge in [0.15, 0.2) is 0 Å². The van der Waals surface area contributed by atoms with Gasteiger partial charge in [0.1, 0.15) is 0 Å². The molecule has 0 aliphatic heterocycles. The summed E-state index contributed by atoms with van der Waals surface area (Å²) in [7, 11) is 0. The molecule has 2 aromatic carbocycles. The Balaban J connectivity index is 1.73. The van der Waals surface area contributed by atoms with E-state index < -0.39 is 11.2 Å². The highest BCUT2D eigenvalue weighted by atomic mass is 16.3. The quantitative estimate of drug-likeness (QED) is 0.850. The topological polar surface area (TPSA) is 40.5 Å². The predicted molar refractivity (Wildman–Crippen MR) is 99.8 cm³/mol. The van der Waals surface area contributed by atoms with Gasteiger partial charge in [-0.05, 0) is 54.1 Å². The van der Waals surface area contributed by atoms with Gasteiger partial charge in [0.05, 0.1) is 11.2 Å². The molecule has 2 bridgehead atoms. The lowest BCUT2D eigenvalue weighted by molar-refractivity contribution is -0.196. The summed E-state index contributed by atoms with van der Waals surface area (Å²) < 4.78 is 0. The van der Waals surface area contributed by atoms with Crippen molar-refractivity contribution in [3.8, 4) is 0 Å². The minimum Gasteiger partial charge on any atom is -0.385 e. The van der Waals surface area contributed by atoms with Crippen molar-refractivity contribution in [2.24, 2.45) is 23.7 Å². The Morgan fingerprint density at radius 3 is 1.40 bits per heavy atom. The Hall–Kier alpha value is -1.64. The molecule has 2 N–H and O–H groups in total. The minimum absolute atomic E-state index is 0.195. The summed E-state index contributed by atoms with van der Waals surface area (Å²) in [6.07, 6.45) is 2.30. The van der Waals surface area contributed by atoms with E-state index in [1.807, 2.05) is 36.4 Å². The second-order valence-corrected chi connectivity index (χ2v) is 8.39. The van der Waals surface area contributed by atoms with Crippen LogP contribution in [0.15, 0.2) is 60.7 Å². The van der Waals surface area contributed by atoms with Crippen LogP contribution in [0, 0.1) is 23.7 Å². The number of rotatable bonds is 2. The van der Waals surface area contributed by atoms with Gasteiger partial charge in [0, 0.05) is 0 Å². The van der Waals surface area contributed by atoms with Gasteiger partial charge in [-0.15, -0.1) is 0 Å². The van der Waals surface area contributed by atoms with Crippen LogP contribution in [-0.2, 0) is 11.2 Å². The van der Waals surface area contributed by atoms with Gasteiger partial charge in [0.25, 0.3) is 0 Å². The number of aliphatic hydroxyl groups is 2. The molecule has 0 radical (unpaired) electrons. The molecule has 0 saturated heterocycles. The zero-order valence-corrected chi connectivity index (χ0v) is 15.1. The van der Waals surface area contributed by atoms with Crippen LogP contribution < -0.4 is 0 Å². The van der Waals surface area contributed by atoms with Gasteiger partial charge in [-0.1, -0.05) is 74.5 Å². The number of hydrogen-bond acceptors (Lipinski definition) is 2. The molecule has 6 atom stereocenters. The lowest BCUT2D eigenvalue weighted by Crippen LogP contribution is -2.57. The molecule has 0 unspecified atom stereocenters. The average molecular weight is 336 g/mol. The Morgan fingerprint density at radius 1 is 0.680 bits per heavy atom. The zero-order valence-electron chi connectivity index (χ0n) is 15.1. The van der Waals surface area contributed by atoms with Crippen LogP contribution in [0.2, 0.25) is 0 Å². The van der Waals surface area contributed by atoms with E-state index in [0.717, 1.165) is 17.5 Å². The fourth-order valence-corrected chi connectivity index (χ4v) is 5.76. The highest BCUT2D eigenvalue weighted by Crippen LogP contribution is 2.60. The molecule has 0 aromatic heterocycles. The maximum absolute atomic E-state index is 11.7. The van der Waals surface area contributed by atoms with Crippen LogP contribution >= 0.6 is 0 Å². The summed E-state index contributed by atoms with van der Waals surface area (Å²) in [6, 6.07) is 20.3. The summed E-state index contributed by atoms with van der Waals surface area (Å²) in [5.74, 6) is 0.915. The Bertz CT molecular complexity index is 665. The molecule has 2 nitrogen and oxygen atoms in total. The van der Waals surface area contributed by atoms with E-state index in [4.69, 9.17) is 0 Å². The first-order chi connectivity index (χ1) is 11.9. The van der Waals surface area contributed by atoms with Gasteiger partial charge in [0.2, 0.25) is 0 Å². The largest absolute Gasteiger partial charge is 0.385 e. The predicted octanol–water partition coefficient (Wildman–Crippen LogP) is 4.46. The van der Waals surface area contributed by atoms with Crippen LogP contribution in [0.25, 0.3) is 0 Å². The lowest BCUT2D eigenvalue weighted by Gasteiger charge is -2.58. The van der Waals surface area contributed by atoms with Crippen LogP contribution in [-0.4, -0.2) is 10.2 Å². The van der Waals surface area contributed by atoms with Gasteiger partial charge in [-0.25, -0.2) is 0 Å². The maximum Gasteiger partial charge on any atom is 0.0929 e. The molecule has 2 saturated carbocycles. The molecular weight excluding hydrogens is 308 g/mol. The van der Waals surface area contributed by atoms with Crippen LogP contribution in [0.3, 0.4) is 0 Å². The van der Waals surface area contributed by atoms with Gasteiger partial charge < -0.3 is 10.2 Å². The van der Waals surface area contributed by atoms with Crippen molar-refractivity contribution in [1.82, 2.24) is 0 Å². The molecule has 0 spiro atoms. The van der Waals surface area contributed by atoms with Crippen LogP contribution in [0.5, 0.6) is 0 Å². The third kappa shape index (κ3) is 2.54. The van der Waals surface area contributed by atoms with E-state index in [1.54, 1.807) is 0 Å². The summed E-state index contributed by atoms with van der Waals surface area (Å²) in [5, 5.41) is 23.3. The first kappa shape index (κ1) is 16.8. The fraction of sp³-hybridized carbons (Fsp3) is 0.478. The van der Waals surface area contributed by atoms with Crippen molar-refractivity contribution in [3.05, 3.63) is 71.8 Å². The fourth-order valence-electron chi connectivity index (χ4n) is 5.76. The minimum atomic E-state index is -0.783. The summed E-state index contributed by atoms with van der Waals surface area (Å²) in [5.41, 5.74) is 0.494. The molecular formula is C23H28O2. The average Bonchev–Trinajstić information content (AvgIpc) is 2.62. The SMILES string of the molecule is C[C@H]1C[C@](O)(c2ccccc2)[C@@H]2C[C@H]1[C@@](O)(c1ccccc1)C[C@@H]2C. The molecule has 132 valence electrons. The van der Waals surface area contributed by atoms with Crippen molar-refractivity contribution in [3.63, 3.8) is 0 Å². The second kappa shape index (κ2) is 5.96. The van der Waals surface area contributed by atoms with E-state index in [1.165, 1.54) is 0 Å². The van der Waals surface area contributed by atoms with Gasteiger partial charge in [-0.3, -0.25) is 0 Å². The first-order valence-electron chi connectivity index (χ1n) is 9.51. The van der Waals surface area contributed by atoms with E-state index in [0.29, 0.717) is 12.8 Å². The Kier molecular flexibility index (Phi) is 4.01. The highest BCUT2D eigenvalue weighted by molar-refractivity contribution is 5.30. The molecule has 2 aliphatic rings. The molecule has 2 aliphatic carbocycles. The molecule has 4 rings (SSSR count). The Morgan fingerprint density at radius 2 is 1.04 bits per heavy atom. The summed E-state index contributed by atoms with van der Waals surface area (Å²) in [4.78, 5) is 0. The third-order valence-electron chi connectivity index (χ3n) is 6.92. The normalized spacial score (nSPS) is 40.6. The molecule has 25 heavy (non-hydrogen) atoms. The molecule has 2 heteroatoms. The van der Waals surface area contributed by atoms with Crippen molar-refractivity contribution in [1.29, 1.82) is 0 Å². The van der Waals surface area contributed by atoms with E-state index in [9.17, 15) is 10.2 Å². The van der Waals surface area contributed by atoms with Crippen LogP contribution in [0.4, 0.5) is 0 Å². The maximum atomic E-state index is 11.7. The smallest absolute Gasteiger partial charge is 0.0929 e. The van der Waals surface area contributed by atoms with Crippen molar-refractivity contribution in [2.45, 2.75) is 44.3 Å². The monoisotopic (exact) mass is 336 g/mol. The standard InChI is InChI=1S/C23H28O2/c1-16-14-22(24,18-9-5-3-6-10-18)21-13-20(16)23(25,15-17(21)2)19-11-7-4-8-12-19/h3-12,16-17,20-21,24-25H,13-15H2,1-2H3/t16-,17-,20+,21+,22-,23-/m0/s1. The third-order valence-corrected chi connectivity index (χ3v) is 6.92. The molecule has 0 heterocycles. The number of hydrogen-bond donors (Lipinski definition) is 2. The van der Waals surface area contributed by atoms with E-state index in [2.05, 4.69) is 38.1 Å². The Labute approximate surface area is 150 Å². The number of benzene rings is 2. The first-order valence-corrected chi connectivity index (χ1v) is 9.51. The lowest BCUT2D eigenvalue weighted by atomic mass is 9.50. The van der Waals surface area contributed by atoms with Crippen molar-refractivity contribution in [2.75, 3.05) is 0 Å². The van der Waals surface area contributed by atoms with Crippen molar-refractivity contribution < 1.29 is 10.2 Å². The molecule has 0 amide bonds. The van der Waals surface area contributed by atoms with E-state index >= 15 is 0 Å². The molecule has 2 fully saturated rings. The van der Waals surface area contributed by atoms with Crippen molar-refractivity contribution >= 4 is 0 Å². The van der Waals surface area contributed by atoms with Gasteiger partial charge >= 0.3 is 0 Å². The van der Waals surface area contributed by atoms with E-state index in [-0.39, 0.29) is 23.7 Å². The van der Waals surface area contributed by atoms with Gasteiger partial charge in [-0.2, -0.15) is 0 Å².